The van der Waals surface area contributed by atoms with Crippen molar-refractivity contribution in [2.75, 3.05) is 9.80 Å². The van der Waals surface area contributed by atoms with Crippen LogP contribution in [0.4, 0.5) is 34.1 Å². The van der Waals surface area contributed by atoms with Crippen LogP contribution in [0.15, 0.2) is 164 Å². The molecule has 0 saturated carbocycles. The van der Waals surface area contributed by atoms with E-state index in [0.29, 0.717) is 5.02 Å². The fourth-order valence-electron chi connectivity index (χ4n) is 10.0. The monoisotopic (exact) mass is 818 g/mol. The van der Waals surface area contributed by atoms with Gasteiger partial charge in [0.2, 0.25) is 0 Å². The van der Waals surface area contributed by atoms with Crippen LogP contribution in [0.3, 0.4) is 0 Å². The summed E-state index contributed by atoms with van der Waals surface area (Å²) in [5.41, 5.74) is 17.3. The van der Waals surface area contributed by atoms with Gasteiger partial charge in [0.15, 0.2) is 0 Å². The van der Waals surface area contributed by atoms with Crippen LogP contribution in [0.1, 0.15) is 103 Å². The van der Waals surface area contributed by atoms with Crippen LogP contribution in [-0.2, 0) is 21.7 Å². The summed E-state index contributed by atoms with van der Waals surface area (Å²) in [6, 6.07) is 60.0. The molecule has 3 heteroatoms. The maximum Gasteiger partial charge on any atom is 0.0497 e. The largest absolute Gasteiger partial charge is 0.310 e. The van der Waals surface area contributed by atoms with Crippen LogP contribution >= 0.6 is 11.6 Å². The topological polar surface area (TPSA) is 6.48 Å². The van der Waals surface area contributed by atoms with Gasteiger partial charge in [0.05, 0.1) is 0 Å². The van der Waals surface area contributed by atoms with Gasteiger partial charge in [0.25, 0.3) is 0 Å². The molecule has 0 fully saturated rings. The third-order valence-electron chi connectivity index (χ3n) is 14.0. The highest BCUT2D eigenvalue weighted by Gasteiger charge is 2.39. The minimum absolute atomic E-state index is 0.0581. The second-order valence-corrected chi connectivity index (χ2v) is 20.6. The summed E-state index contributed by atoms with van der Waals surface area (Å²) in [5.74, 6) is 0. The minimum atomic E-state index is 0.0581. The van der Waals surface area contributed by atoms with Crippen LogP contribution in [-0.4, -0.2) is 0 Å². The molecule has 0 bridgehead atoms. The lowest BCUT2D eigenvalue weighted by Gasteiger charge is -2.43. The predicted molar refractivity (Wildman–Crippen MR) is 262 cm³/mol. The molecule has 0 radical (unpaired) electrons. The molecule has 0 saturated heterocycles. The highest BCUT2D eigenvalue weighted by atomic mass is 35.5. The summed E-state index contributed by atoms with van der Waals surface area (Å²) < 4.78 is 0. The molecule has 0 spiro atoms. The third-order valence-corrected chi connectivity index (χ3v) is 14.3. The maximum atomic E-state index is 7.34. The Labute approximate surface area is 369 Å². The molecule has 0 heterocycles. The lowest BCUT2D eigenvalue weighted by molar-refractivity contribution is 0.332. The average molecular weight is 820 g/mol. The fraction of sp³-hybridized carbons (Fsp3) is 0.276. The molecule has 0 aliphatic heterocycles. The van der Waals surface area contributed by atoms with Gasteiger partial charge in [-0.05, 0) is 159 Å². The van der Waals surface area contributed by atoms with Gasteiger partial charge in [-0.1, -0.05) is 164 Å². The van der Waals surface area contributed by atoms with Crippen molar-refractivity contribution in [3.8, 4) is 22.3 Å². The molecule has 0 unspecified atom stereocenters. The molecular formula is C58H59ClN2. The first-order valence-corrected chi connectivity index (χ1v) is 22.5. The number of hydrogen-bond acceptors (Lipinski definition) is 2. The number of hydrogen-bond donors (Lipinski definition) is 0. The summed E-state index contributed by atoms with van der Waals surface area (Å²) >= 11 is 7.34. The number of rotatable bonds is 8. The Balaban J connectivity index is 1.23. The van der Waals surface area contributed by atoms with Gasteiger partial charge in [-0.3, -0.25) is 0 Å². The lowest BCUT2D eigenvalue weighted by atomic mass is 9.63. The van der Waals surface area contributed by atoms with Crippen molar-refractivity contribution in [1.29, 1.82) is 0 Å². The molecule has 2 aliphatic carbocycles. The zero-order valence-electron chi connectivity index (χ0n) is 37.2. The summed E-state index contributed by atoms with van der Waals surface area (Å²) in [6.45, 7) is 19.3. The smallest absolute Gasteiger partial charge is 0.0497 e. The summed E-state index contributed by atoms with van der Waals surface area (Å²) in [6.07, 6.45) is 4.66. The number of halogens is 1. The minimum Gasteiger partial charge on any atom is -0.310 e. The van der Waals surface area contributed by atoms with Crippen molar-refractivity contribution in [3.05, 3.63) is 191 Å². The number of nitrogens with zero attached hydrogens (tertiary/aromatic N) is 2. The molecular weight excluding hydrogens is 760 g/mol. The first kappa shape index (κ1) is 40.8. The van der Waals surface area contributed by atoms with E-state index in [0.717, 1.165) is 47.0 Å². The Kier molecular flexibility index (Phi) is 10.3. The van der Waals surface area contributed by atoms with Gasteiger partial charge in [-0.2, -0.15) is 0 Å². The standard InChI is InChI=1S/C58H59ClN2/c1-55(2)31-33-57(5,6)53-38-47(27-29-51(53)55)61(48-28-30-52-54(39-48)58(7,8)34-32-56(52,3)4)50-36-44(59)35-49(37-50)60(45-23-19-42(20-24-45)40-15-11-9-12-16-40)46-25-21-43(22-26-46)41-17-13-10-14-18-41/h9-30,35-39H,31-34H2,1-8H3. The molecule has 9 rings (SSSR count). The average Bonchev–Trinajstić information content (AvgIpc) is 3.25. The highest BCUT2D eigenvalue weighted by molar-refractivity contribution is 6.31. The van der Waals surface area contributed by atoms with E-state index in [1.165, 1.54) is 57.3 Å². The van der Waals surface area contributed by atoms with Crippen LogP contribution in [0, 0.1) is 0 Å². The van der Waals surface area contributed by atoms with Crippen molar-refractivity contribution in [2.24, 2.45) is 0 Å². The molecule has 0 aromatic heterocycles. The van der Waals surface area contributed by atoms with E-state index in [1.807, 2.05) is 0 Å². The molecule has 2 aliphatic rings. The molecule has 0 amide bonds. The van der Waals surface area contributed by atoms with Crippen molar-refractivity contribution in [1.82, 2.24) is 0 Å². The number of anilines is 6. The van der Waals surface area contributed by atoms with Crippen molar-refractivity contribution < 1.29 is 0 Å². The van der Waals surface area contributed by atoms with E-state index in [9.17, 15) is 0 Å². The Morgan fingerprint density at radius 3 is 1.00 bits per heavy atom. The second kappa shape index (κ2) is 15.4. The van der Waals surface area contributed by atoms with Crippen molar-refractivity contribution in [3.63, 3.8) is 0 Å². The van der Waals surface area contributed by atoms with E-state index in [4.69, 9.17) is 11.6 Å². The third kappa shape index (κ3) is 7.81. The van der Waals surface area contributed by atoms with Crippen LogP contribution in [0.2, 0.25) is 5.02 Å². The lowest BCUT2D eigenvalue weighted by Crippen LogP contribution is -2.34. The molecule has 7 aromatic rings. The van der Waals surface area contributed by atoms with Gasteiger partial charge in [0.1, 0.15) is 0 Å². The van der Waals surface area contributed by atoms with E-state index in [1.54, 1.807) is 0 Å². The SMILES string of the molecule is CC1(C)CCC(C)(C)c2cc(N(c3cc(Cl)cc(N(c4ccc(-c5ccccc5)cc4)c4ccc(-c5ccccc5)cc4)c3)c3ccc4c(c3)C(C)(C)CCC4(C)C)ccc21. The van der Waals surface area contributed by atoms with Crippen molar-refractivity contribution >= 4 is 45.7 Å². The quantitative estimate of drug-likeness (QED) is 0.151. The Bertz CT molecular complexity index is 2530. The second-order valence-electron chi connectivity index (χ2n) is 20.2. The predicted octanol–water partition coefficient (Wildman–Crippen LogP) is 17.3. The van der Waals surface area contributed by atoms with E-state index < -0.39 is 0 Å². The molecule has 61 heavy (non-hydrogen) atoms. The number of benzene rings is 7. The Hall–Kier alpha value is -5.57. The summed E-state index contributed by atoms with van der Waals surface area (Å²) in [7, 11) is 0. The highest BCUT2D eigenvalue weighted by Crippen LogP contribution is 2.51. The van der Waals surface area contributed by atoms with E-state index >= 15 is 0 Å². The maximum absolute atomic E-state index is 7.34. The van der Waals surface area contributed by atoms with Crippen LogP contribution in [0.25, 0.3) is 22.3 Å². The van der Waals surface area contributed by atoms with Crippen LogP contribution < -0.4 is 9.80 Å². The summed E-state index contributed by atoms with van der Waals surface area (Å²) in [4.78, 5) is 4.80. The molecule has 0 N–H and O–H groups in total. The fourth-order valence-corrected chi connectivity index (χ4v) is 10.2. The molecule has 308 valence electrons. The van der Waals surface area contributed by atoms with Gasteiger partial charge in [0, 0.05) is 39.1 Å². The van der Waals surface area contributed by atoms with Gasteiger partial charge < -0.3 is 9.80 Å². The Morgan fingerprint density at radius 1 is 0.311 bits per heavy atom. The van der Waals surface area contributed by atoms with E-state index in [-0.39, 0.29) is 21.7 Å². The van der Waals surface area contributed by atoms with Gasteiger partial charge in [-0.15, -0.1) is 0 Å². The Morgan fingerprint density at radius 2 is 0.623 bits per heavy atom. The summed E-state index contributed by atoms with van der Waals surface area (Å²) in [5, 5.41) is 0.683. The molecule has 7 aromatic carbocycles. The van der Waals surface area contributed by atoms with E-state index in [2.05, 4.69) is 229 Å². The zero-order valence-corrected chi connectivity index (χ0v) is 37.9. The first-order chi connectivity index (χ1) is 29.1. The normalized spacial score (nSPS) is 16.9. The van der Waals surface area contributed by atoms with Crippen LogP contribution in [0.5, 0.6) is 0 Å². The van der Waals surface area contributed by atoms with Crippen molar-refractivity contribution in [2.45, 2.75) is 103 Å². The first-order valence-electron chi connectivity index (χ1n) is 22.1. The van der Waals surface area contributed by atoms with Gasteiger partial charge >= 0.3 is 0 Å². The number of fused-ring (bicyclic) bond motifs is 2. The molecule has 0 atom stereocenters. The molecule has 2 nitrogen and oxygen atoms in total. The van der Waals surface area contributed by atoms with Gasteiger partial charge in [-0.25, -0.2) is 0 Å². The zero-order chi connectivity index (χ0) is 42.7.